The van der Waals surface area contributed by atoms with E-state index in [0.29, 0.717) is 5.89 Å². The Kier molecular flexibility index (Phi) is 3.66. The molecule has 0 bridgehead atoms. The second kappa shape index (κ2) is 4.95. The van der Waals surface area contributed by atoms with Crippen molar-refractivity contribution in [3.05, 3.63) is 28.1 Å². The quantitative estimate of drug-likeness (QED) is 0.862. The lowest BCUT2D eigenvalue weighted by atomic mass is 10.2. The van der Waals surface area contributed by atoms with E-state index in [1.54, 1.807) is 0 Å². The molecular formula is C10H10BrF3N4O. The Hall–Kier alpha value is -1.38. The first-order valence-electron chi connectivity index (χ1n) is 5.40. The Bertz CT molecular complexity index is 576. The number of hydrogen-bond acceptors (Lipinski definition) is 4. The molecular weight excluding hydrogens is 329 g/mol. The molecule has 0 aliphatic heterocycles. The third kappa shape index (κ3) is 3.14. The Morgan fingerprint density at radius 2 is 2.11 bits per heavy atom. The molecule has 0 fully saturated rings. The zero-order valence-corrected chi connectivity index (χ0v) is 11.7. The van der Waals surface area contributed by atoms with Crippen molar-refractivity contribution in [2.75, 3.05) is 0 Å². The van der Waals surface area contributed by atoms with Crippen LogP contribution in [0.1, 0.15) is 37.0 Å². The van der Waals surface area contributed by atoms with Crippen molar-refractivity contribution in [1.82, 2.24) is 19.9 Å². The fourth-order valence-electron chi connectivity index (χ4n) is 1.38. The van der Waals surface area contributed by atoms with E-state index in [-0.39, 0.29) is 22.9 Å². The molecule has 9 heteroatoms. The average molecular weight is 339 g/mol. The summed E-state index contributed by atoms with van der Waals surface area (Å²) in [4.78, 5) is 4.07. The third-order valence-corrected chi connectivity index (χ3v) is 2.89. The predicted octanol–water partition coefficient (Wildman–Crippen LogP) is 3.22. The van der Waals surface area contributed by atoms with Gasteiger partial charge in [0, 0.05) is 12.1 Å². The first kappa shape index (κ1) is 14.0. The van der Waals surface area contributed by atoms with Gasteiger partial charge in [-0.1, -0.05) is 19.0 Å². The molecule has 0 saturated carbocycles. The average Bonchev–Trinajstić information content (AvgIpc) is 2.85. The zero-order chi connectivity index (χ0) is 14.2. The second-order valence-corrected chi connectivity index (χ2v) is 4.98. The maximum absolute atomic E-state index is 12.6. The van der Waals surface area contributed by atoms with Crippen LogP contribution in [0.3, 0.4) is 0 Å². The first-order chi connectivity index (χ1) is 8.77. The van der Waals surface area contributed by atoms with Crippen molar-refractivity contribution >= 4 is 15.9 Å². The molecule has 0 atom stereocenters. The summed E-state index contributed by atoms with van der Waals surface area (Å²) in [5, 5.41) is 7.41. The molecule has 0 spiro atoms. The summed E-state index contributed by atoms with van der Waals surface area (Å²) < 4.78 is 43.6. The van der Waals surface area contributed by atoms with E-state index >= 15 is 0 Å². The van der Waals surface area contributed by atoms with Gasteiger partial charge in [0.15, 0.2) is 5.82 Å². The molecule has 19 heavy (non-hydrogen) atoms. The highest BCUT2D eigenvalue weighted by atomic mass is 79.9. The lowest BCUT2D eigenvalue weighted by Crippen LogP contribution is -2.05. The minimum absolute atomic E-state index is 0.0187. The Morgan fingerprint density at radius 3 is 2.58 bits per heavy atom. The minimum atomic E-state index is -4.45. The van der Waals surface area contributed by atoms with Crippen LogP contribution >= 0.6 is 15.9 Å². The number of aromatic nitrogens is 4. The SMILES string of the molecule is CC(C)c1nc(Cn2cc(C(F)(F)F)c(Br)n2)no1. The normalized spacial score (nSPS) is 12.4. The Balaban J connectivity index is 2.19. The first-order valence-corrected chi connectivity index (χ1v) is 6.19. The summed E-state index contributed by atoms with van der Waals surface area (Å²) >= 11 is 2.78. The van der Waals surface area contributed by atoms with Gasteiger partial charge < -0.3 is 4.52 Å². The molecule has 2 heterocycles. The van der Waals surface area contributed by atoms with E-state index in [0.717, 1.165) is 10.9 Å². The van der Waals surface area contributed by atoms with Gasteiger partial charge in [0.25, 0.3) is 0 Å². The van der Waals surface area contributed by atoms with Gasteiger partial charge in [0.1, 0.15) is 16.7 Å². The smallest absolute Gasteiger partial charge is 0.339 e. The summed E-state index contributed by atoms with van der Waals surface area (Å²) in [6, 6.07) is 0. The molecule has 0 aliphatic rings. The Labute approximate surface area is 114 Å². The fourth-order valence-corrected chi connectivity index (χ4v) is 1.91. The molecule has 0 aliphatic carbocycles. The molecule has 2 aromatic heterocycles. The number of hydrogen-bond donors (Lipinski definition) is 0. The molecule has 2 rings (SSSR count). The summed E-state index contributed by atoms with van der Waals surface area (Å²) in [6.07, 6.45) is -3.55. The van der Waals surface area contributed by atoms with Crippen LogP contribution in [-0.4, -0.2) is 19.9 Å². The van der Waals surface area contributed by atoms with Crippen LogP contribution in [0, 0.1) is 0 Å². The largest absolute Gasteiger partial charge is 0.420 e. The van der Waals surface area contributed by atoms with Crippen LogP contribution in [-0.2, 0) is 12.7 Å². The highest BCUT2D eigenvalue weighted by Gasteiger charge is 2.35. The summed E-state index contributed by atoms with van der Waals surface area (Å²) in [5.74, 6) is 0.793. The maximum Gasteiger partial charge on any atom is 0.420 e. The van der Waals surface area contributed by atoms with Gasteiger partial charge in [-0.15, -0.1) is 0 Å². The van der Waals surface area contributed by atoms with E-state index in [1.807, 2.05) is 13.8 Å². The van der Waals surface area contributed by atoms with Crippen molar-refractivity contribution < 1.29 is 17.7 Å². The van der Waals surface area contributed by atoms with Crippen molar-refractivity contribution in [2.24, 2.45) is 0 Å². The van der Waals surface area contributed by atoms with Crippen LogP contribution in [0.2, 0.25) is 0 Å². The predicted molar refractivity (Wildman–Crippen MR) is 62.4 cm³/mol. The van der Waals surface area contributed by atoms with Crippen molar-refractivity contribution in [2.45, 2.75) is 32.5 Å². The van der Waals surface area contributed by atoms with Gasteiger partial charge in [0.2, 0.25) is 5.89 Å². The van der Waals surface area contributed by atoms with Crippen molar-refractivity contribution in [3.8, 4) is 0 Å². The lowest BCUT2D eigenvalue weighted by molar-refractivity contribution is -0.138. The second-order valence-electron chi connectivity index (χ2n) is 4.23. The van der Waals surface area contributed by atoms with E-state index < -0.39 is 11.7 Å². The Morgan fingerprint density at radius 1 is 1.42 bits per heavy atom. The number of nitrogens with zero attached hydrogens (tertiary/aromatic N) is 4. The third-order valence-electron chi connectivity index (χ3n) is 2.30. The van der Waals surface area contributed by atoms with Gasteiger partial charge in [-0.2, -0.15) is 23.3 Å². The van der Waals surface area contributed by atoms with E-state index in [2.05, 4.69) is 31.2 Å². The molecule has 104 valence electrons. The van der Waals surface area contributed by atoms with Crippen LogP contribution in [0.25, 0.3) is 0 Å². The van der Waals surface area contributed by atoms with Crippen LogP contribution in [0.4, 0.5) is 13.2 Å². The highest BCUT2D eigenvalue weighted by Crippen LogP contribution is 2.33. The highest BCUT2D eigenvalue weighted by molar-refractivity contribution is 9.10. The molecule has 0 amide bonds. The summed E-state index contributed by atoms with van der Waals surface area (Å²) in [7, 11) is 0. The van der Waals surface area contributed by atoms with Crippen molar-refractivity contribution in [1.29, 1.82) is 0 Å². The monoisotopic (exact) mass is 338 g/mol. The maximum atomic E-state index is 12.6. The molecule has 0 aromatic carbocycles. The molecule has 0 unspecified atom stereocenters. The van der Waals surface area contributed by atoms with Gasteiger partial charge in [-0.25, -0.2) is 0 Å². The van der Waals surface area contributed by atoms with E-state index in [9.17, 15) is 13.2 Å². The van der Waals surface area contributed by atoms with E-state index in [4.69, 9.17) is 4.52 Å². The van der Waals surface area contributed by atoms with Gasteiger partial charge in [-0.3, -0.25) is 4.68 Å². The van der Waals surface area contributed by atoms with Gasteiger partial charge in [-0.05, 0) is 15.9 Å². The summed E-state index contributed by atoms with van der Waals surface area (Å²) in [6.45, 7) is 3.78. The standard InChI is InChI=1S/C10H10BrF3N4O/c1-5(2)9-15-7(17-19-9)4-18-3-6(8(11)16-18)10(12,13)14/h3,5H,4H2,1-2H3. The lowest BCUT2D eigenvalue weighted by Gasteiger charge is -2.01. The zero-order valence-electron chi connectivity index (χ0n) is 10.1. The number of alkyl halides is 3. The molecule has 0 saturated heterocycles. The molecule has 0 N–H and O–H groups in total. The van der Waals surface area contributed by atoms with Crippen molar-refractivity contribution in [3.63, 3.8) is 0 Å². The van der Waals surface area contributed by atoms with Crippen LogP contribution in [0.15, 0.2) is 15.3 Å². The van der Waals surface area contributed by atoms with Crippen LogP contribution < -0.4 is 0 Å². The number of rotatable bonds is 3. The molecule has 2 aromatic rings. The summed E-state index contributed by atoms with van der Waals surface area (Å²) in [5.41, 5.74) is -0.833. The number of halogens is 4. The van der Waals surface area contributed by atoms with Gasteiger partial charge >= 0.3 is 6.18 Å². The van der Waals surface area contributed by atoms with Gasteiger partial charge in [0.05, 0.1) is 0 Å². The van der Waals surface area contributed by atoms with E-state index in [1.165, 1.54) is 0 Å². The molecule has 0 radical (unpaired) electrons. The minimum Gasteiger partial charge on any atom is -0.339 e. The fraction of sp³-hybridized carbons (Fsp3) is 0.500. The topological polar surface area (TPSA) is 56.7 Å². The molecule has 5 nitrogen and oxygen atoms in total. The van der Waals surface area contributed by atoms with Crippen LogP contribution in [0.5, 0.6) is 0 Å².